The van der Waals surface area contributed by atoms with E-state index in [1.165, 1.54) is 25.3 Å². The van der Waals surface area contributed by atoms with E-state index in [0.29, 0.717) is 16.8 Å². The van der Waals surface area contributed by atoms with Crippen LogP contribution in [0.25, 0.3) is 0 Å². The third-order valence-electron chi connectivity index (χ3n) is 3.28. The van der Waals surface area contributed by atoms with Crippen LogP contribution in [0, 0.1) is 0 Å². The van der Waals surface area contributed by atoms with Gasteiger partial charge in [-0.1, -0.05) is 22.4 Å². The monoisotopic (exact) mass is 381 g/mol. The van der Waals surface area contributed by atoms with Crippen LogP contribution in [0.4, 0.5) is 0 Å². The van der Waals surface area contributed by atoms with Crippen molar-refractivity contribution in [3.8, 4) is 5.75 Å². The van der Waals surface area contributed by atoms with E-state index in [9.17, 15) is 8.42 Å². The Morgan fingerprint density at radius 2 is 1.95 bits per heavy atom. The van der Waals surface area contributed by atoms with Gasteiger partial charge in [-0.3, -0.25) is 4.90 Å². The van der Waals surface area contributed by atoms with Crippen LogP contribution in [0.2, 0.25) is 0 Å². The first-order valence-corrected chi connectivity index (χ1v) is 9.66. The molecule has 0 saturated carbocycles. The number of hydrogen-bond acceptors (Lipinski definition) is 4. The molecule has 1 aliphatic heterocycles. The highest BCUT2D eigenvalue weighted by Crippen LogP contribution is 2.30. The van der Waals surface area contributed by atoms with Crippen LogP contribution in [0.3, 0.4) is 0 Å². The number of likely N-dealkylation sites (tertiary alicyclic amines) is 1. The first-order chi connectivity index (χ1) is 9.47. The second-order valence-electron chi connectivity index (χ2n) is 4.78. The van der Waals surface area contributed by atoms with Crippen molar-refractivity contribution in [2.24, 2.45) is 0 Å². The Hall–Kier alpha value is -0.300. The zero-order valence-electron chi connectivity index (χ0n) is 11.0. The fourth-order valence-electron chi connectivity index (χ4n) is 2.26. The maximum Gasteiger partial charge on any atom is 0.265 e. The van der Waals surface area contributed by atoms with Crippen molar-refractivity contribution in [3.05, 3.63) is 22.7 Å². The van der Waals surface area contributed by atoms with Gasteiger partial charge in [-0.25, -0.2) is 8.42 Å². The van der Waals surface area contributed by atoms with E-state index in [-0.39, 0.29) is 4.90 Å². The number of hydrogen-bond donors (Lipinski definition) is 0. The zero-order chi connectivity index (χ0) is 14.6. The van der Waals surface area contributed by atoms with Gasteiger partial charge in [0.1, 0.15) is 17.3 Å². The molecule has 1 fully saturated rings. The maximum absolute atomic E-state index is 11.5. The molecule has 0 aromatic heterocycles. The molecular formula is C13H17BrClNO3S. The number of ether oxygens (including phenoxy) is 1. The summed E-state index contributed by atoms with van der Waals surface area (Å²) in [6, 6.07) is 4.82. The zero-order valence-corrected chi connectivity index (χ0v) is 14.2. The molecule has 0 N–H and O–H groups in total. The second-order valence-corrected chi connectivity index (χ2v) is 8.23. The van der Waals surface area contributed by atoms with Crippen molar-refractivity contribution in [2.75, 3.05) is 26.2 Å². The summed E-state index contributed by atoms with van der Waals surface area (Å²) in [7, 11) is 1.62. The highest BCUT2D eigenvalue weighted by atomic mass is 79.9. The summed E-state index contributed by atoms with van der Waals surface area (Å²) < 4.78 is 29.3. The summed E-state index contributed by atoms with van der Waals surface area (Å²) >= 11 is 3.23. The van der Waals surface area contributed by atoms with Gasteiger partial charge >= 0.3 is 0 Å². The third-order valence-corrected chi connectivity index (χ3v) is 5.12. The summed E-state index contributed by atoms with van der Waals surface area (Å²) in [6.45, 7) is 3.44. The smallest absolute Gasteiger partial charge is 0.265 e. The van der Waals surface area contributed by atoms with Gasteiger partial charge in [0.25, 0.3) is 9.05 Å². The molecule has 0 amide bonds. The maximum atomic E-state index is 11.5. The summed E-state index contributed by atoms with van der Waals surface area (Å²) in [5, 5.41) is 0. The van der Waals surface area contributed by atoms with Gasteiger partial charge in [-0.05, 0) is 44.1 Å². The lowest BCUT2D eigenvalue weighted by molar-refractivity contribution is 0.181. The van der Waals surface area contributed by atoms with E-state index in [2.05, 4.69) is 20.8 Å². The van der Waals surface area contributed by atoms with Crippen molar-refractivity contribution in [3.63, 3.8) is 0 Å². The number of piperidine rings is 1. The van der Waals surface area contributed by atoms with Crippen molar-refractivity contribution < 1.29 is 13.2 Å². The first kappa shape index (κ1) is 16.1. The summed E-state index contributed by atoms with van der Waals surface area (Å²) in [5.74, 6) is 0.306. The fourth-order valence-corrected chi connectivity index (χ4v) is 3.77. The van der Waals surface area contributed by atoms with Crippen LogP contribution in [0.15, 0.2) is 27.6 Å². The SMILES string of the molecule is O=S(=O)(Cl)c1cc(Br)ccc1OCCN1CCCCC1. The molecule has 4 nitrogen and oxygen atoms in total. The van der Waals surface area contributed by atoms with Crippen LogP contribution in [-0.2, 0) is 9.05 Å². The number of benzene rings is 1. The molecule has 0 spiro atoms. The van der Waals surface area contributed by atoms with E-state index < -0.39 is 9.05 Å². The summed E-state index contributed by atoms with van der Waals surface area (Å²) in [4.78, 5) is 2.34. The van der Waals surface area contributed by atoms with E-state index >= 15 is 0 Å². The molecule has 0 bridgehead atoms. The van der Waals surface area contributed by atoms with Gasteiger partial charge in [-0.15, -0.1) is 0 Å². The summed E-state index contributed by atoms with van der Waals surface area (Å²) in [5.41, 5.74) is 0. The molecule has 0 radical (unpaired) electrons. The highest BCUT2D eigenvalue weighted by molar-refractivity contribution is 9.10. The van der Waals surface area contributed by atoms with Crippen LogP contribution in [0.1, 0.15) is 19.3 Å². The molecule has 20 heavy (non-hydrogen) atoms. The molecule has 7 heteroatoms. The average Bonchev–Trinajstić information content (AvgIpc) is 2.40. The van der Waals surface area contributed by atoms with Crippen LogP contribution >= 0.6 is 26.6 Å². The normalized spacial score (nSPS) is 17.1. The predicted octanol–water partition coefficient (Wildman–Crippen LogP) is 3.24. The van der Waals surface area contributed by atoms with Crippen LogP contribution in [-0.4, -0.2) is 39.6 Å². The minimum absolute atomic E-state index is 0.00665. The molecule has 2 rings (SSSR count). The Balaban J connectivity index is 1.98. The Bertz CT molecular complexity index is 559. The van der Waals surface area contributed by atoms with E-state index in [1.54, 1.807) is 12.1 Å². The Morgan fingerprint density at radius 1 is 1.25 bits per heavy atom. The van der Waals surface area contributed by atoms with Crippen molar-refractivity contribution >= 4 is 35.7 Å². The molecule has 112 valence electrons. The van der Waals surface area contributed by atoms with Gasteiger partial charge in [-0.2, -0.15) is 0 Å². The lowest BCUT2D eigenvalue weighted by Crippen LogP contribution is -2.33. The largest absolute Gasteiger partial charge is 0.491 e. The first-order valence-electron chi connectivity index (χ1n) is 6.56. The van der Waals surface area contributed by atoms with Gasteiger partial charge in [0, 0.05) is 21.7 Å². The lowest BCUT2D eigenvalue weighted by atomic mass is 10.1. The minimum Gasteiger partial charge on any atom is -0.491 e. The summed E-state index contributed by atoms with van der Waals surface area (Å²) in [6.07, 6.45) is 3.73. The molecule has 1 aromatic rings. The van der Waals surface area contributed by atoms with Gasteiger partial charge < -0.3 is 4.74 Å². The van der Waals surface area contributed by atoms with E-state index in [0.717, 1.165) is 19.6 Å². The van der Waals surface area contributed by atoms with Crippen LogP contribution < -0.4 is 4.74 Å². The number of nitrogens with zero attached hydrogens (tertiary/aromatic N) is 1. The molecule has 0 atom stereocenters. The molecule has 0 unspecified atom stereocenters. The minimum atomic E-state index is -3.81. The average molecular weight is 383 g/mol. The molecule has 1 heterocycles. The van der Waals surface area contributed by atoms with Gasteiger partial charge in [0.15, 0.2) is 0 Å². The van der Waals surface area contributed by atoms with E-state index in [1.807, 2.05) is 0 Å². The standard InChI is InChI=1S/C13H17BrClNO3S/c14-11-4-5-12(13(10-11)20(15,17)18)19-9-8-16-6-2-1-3-7-16/h4-5,10H,1-3,6-9H2. The lowest BCUT2D eigenvalue weighted by Gasteiger charge is -2.26. The number of rotatable bonds is 5. The predicted molar refractivity (Wildman–Crippen MR) is 83.0 cm³/mol. The molecule has 1 saturated heterocycles. The Morgan fingerprint density at radius 3 is 2.60 bits per heavy atom. The molecule has 0 aliphatic carbocycles. The Labute approximate surface area is 132 Å². The third kappa shape index (κ3) is 4.62. The number of halogens is 2. The van der Waals surface area contributed by atoms with Crippen molar-refractivity contribution in [1.82, 2.24) is 4.90 Å². The quantitative estimate of drug-likeness (QED) is 0.734. The van der Waals surface area contributed by atoms with Gasteiger partial charge in [0.2, 0.25) is 0 Å². The highest BCUT2D eigenvalue weighted by Gasteiger charge is 2.18. The fraction of sp³-hybridized carbons (Fsp3) is 0.538. The molecule has 1 aliphatic rings. The van der Waals surface area contributed by atoms with Crippen molar-refractivity contribution in [2.45, 2.75) is 24.2 Å². The molecular weight excluding hydrogens is 366 g/mol. The van der Waals surface area contributed by atoms with Crippen molar-refractivity contribution in [1.29, 1.82) is 0 Å². The second kappa shape index (κ2) is 7.11. The molecule has 1 aromatic carbocycles. The van der Waals surface area contributed by atoms with Gasteiger partial charge in [0.05, 0.1) is 0 Å². The Kier molecular flexibility index (Phi) is 5.72. The van der Waals surface area contributed by atoms with E-state index in [4.69, 9.17) is 15.4 Å². The topological polar surface area (TPSA) is 46.6 Å². The van der Waals surface area contributed by atoms with Crippen LogP contribution in [0.5, 0.6) is 5.75 Å².